The van der Waals surface area contributed by atoms with Crippen LogP contribution in [0.15, 0.2) is 97.1 Å². The van der Waals surface area contributed by atoms with E-state index in [1.165, 1.54) is 75.4 Å². The van der Waals surface area contributed by atoms with Crippen molar-refractivity contribution in [2.75, 3.05) is 0 Å². The molecule has 30 heavy (non-hydrogen) atoms. The fraction of sp³-hybridized carbons (Fsp3) is 0. The molecule has 0 aliphatic rings. The highest BCUT2D eigenvalue weighted by atomic mass is 14.2. The molecule has 136 valence electrons. The van der Waals surface area contributed by atoms with E-state index in [4.69, 9.17) is 0 Å². The highest BCUT2D eigenvalue weighted by molar-refractivity contribution is 6.41. The van der Waals surface area contributed by atoms with Crippen LogP contribution < -0.4 is 0 Å². The molecule has 0 heterocycles. The molecule has 0 aliphatic heterocycles. The van der Waals surface area contributed by atoms with Crippen LogP contribution in [0.3, 0.4) is 0 Å². The predicted molar refractivity (Wildman–Crippen MR) is 131 cm³/mol. The van der Waals surface area contributed by atoms with Crippen molar-refractivity contribution in [3.63, 3.8) is 0 Å². The lowest BCUT2D eigenvalue weighted by Crippen LogP contribution is -1.90. The van der Waals surface area contributed by atoms with Gasteiger partial charge in [0.1, 0.15) is 0 Å². The van der Waals surface area contributed by atoms with Gasteiger partial charge in [-0.25, -0.2) is 0 Å². The van der Waals surface area contributed by atoms with E-state index >= 15 is 0 Å². The molecule has 0 spiro atoms. The molecule has 0 unspecified atom stereocenters. The minimum Gasteiger partial charge on any atom is -0.0610 e. The highest BCUT2D eigenvalue weighted by Crippen LogP contribution is 2.46. The average Bonchev–Trinajstić information content (AvgIpc) is 2.81. The summed E-state index contributed by atoms with van der Waals surface area (Å²) in [5.74, 6) is 0. The molecule has 0 heteroatoms. The molecule has 8 rings (SSSR count). The van der Waals surface area contributed by atoms with E-state index in [1.54, 1.807) is 0 Å². The van der Waals surface area contributed by atoms with Crippen LogP contribution in [0.1, 0.15) is 0 Å². The molecule has 0 aromatic heterocycles. The number of rotatable bonds is 0. The summed E-state index contributed by atoms with van der Waals surface area (Å²) in [5, 5.41) is 19.0. The SMILES string of the molecule is c1cc2ccc3cc4c5cccc6ccc7cccc(c4c4ccc(c1)c2c34)c7c65. The molecule has 0 saturated heterocycles. The minimum atomic E-state index is 1.32. The second-order valence-corrected chi connectivity index (χ2v) is 8.53. The lowest BCUT2D eigenvalue weighted by Gasteiger charge is -2.18. The Kier molecular flexibility index (Phi) is 2.49. The third-order valence-corrected chi connectivity index (χ3v) is 7.09. The third-order valence-electron chi connectivity index (χ3n) is 7.09. The topological polar surface area (TPSA) is 0 Å². The normalized spacial score (nSPS) is 12.7. The van der Waals surface area contributed by atoms with E-state index in [-0.39, 0.29) is 0 Å². The van der Waals surface area contributed by atoms with Gasteiger partial charge in [-0.3, -0.25) is 0 Å². The van der Waals surface area contributed by atoms with Gasteiger partial charge in [-0.1, -0.05) is 91.0 Å². The molecule has 0 N–H and O–H groups in total. The lowest BCUT2D eigenvalue weighted by molar-refractivity contribution is 1.79. The van der Waals surface area contributed by atoms with E-state index < -0.39 is 0 Å². The second-order valence-electron chi connectivity index (χ2n) is 8.53. The maximum Gasteiger partial charge on any atom is -0.00195 e. The zero-order valence-electron chi connectivity index (χ0n) is 16.2. The standard InChI is InChI=1S/C30H16/c1-4-17-12-13-21-16-25-22-8-2-6-19-10-11-20-7-3-9-23(28(20)27(19)22)30(25)24-15-14-18(5-1)26(17)29(21)24/h1-16H. The number of fused-ring (bicyclic) bond motifs is 4. The fourth-order valence-corrected chi connectivity index (χ4v) is 5.90. The van der Waals surface area contributed by atoms with Gasteiger partial charge in [0, 0.05) is 0 Å². The largest absolute Gasteiger partial charge is 0.0610 e. The summed E-state index contributed by atoms with van der Waals surface area (Å²) in [4.78, 5) is 0. The first-order chi connectivity index (χ1) is 14.9. The molecule has 0 bridgehead atoms. The Balaban J connectivity index is 1.82. The molecule has 0 nitrogen and oxygen atoms in total. The quantitative estimate of drug-likeness (QED) is 0.183. The lowest BCUT2D eigenvalue weighted by atomic mass is 9.85. The molecular formula is C30H16. The first-order valence-corrected chi connectivity index (χ1v) is 10.5. The van der Waals surface area contributed by atoms with Gasteiger partial charge in [0.15, 0.2) is 0 Å². The molecule has 0 amide bonds. The molecule has 0 aliphatic carbocycles. The zero-order chi connectivity index (χ0) is 19.4. The van der Waals surface area contributed by atoms with Gasteiger partial charge in [-0.05, 0) is 81.5 Å². The predicted octanol–water partition coefficient (Wildman–Crippen LogP) is 8.63. The molecule has 8 aromatic carbocycles. The Morgan fingerprint density at radius 3 is 1.47 bits per heavy atom. The molecule has 0 fully saturated rings. The van der Waals surface area contributed by atoms with Gasteiger partial charge in [0.05, 0.1) is 0 Å². The summed E-state index contributed by atoms with van der Waals surface area (Å²) in [6.45, 7) is 0. The maximum atomic E-state index is 2.42. The van der Waals surface area contributed by atoms with Crippen LogP contribution >= 0.6 is 0 Å². The van der Waals surface area contributed by atoms with E-state index in [0.717, 1.165) is 0 Å². The van der Waals surface area contributed by atoms with Gasteiger partial charge < -0.3 is 0 Å². The minimum absolute atomic E-state index is 1.32. The van der Waals surface area contributed by atoms with E-state index in [2.05, 4.69) is 97.1 Å². The third kappa shape index (κ3) is 1.62. The molecule has 0 atom stereocenters. The molecule has 0 saturated carbocycles. The Bertz CT molecular complexity index is 1920. The summed E-state index contributed by atoms with van der Waals surface area (Å²) in [6, 6.07) is 36.3. The molecule has 8 aromatic rings. The summed E-state index contributed by atoms with van der Waals surface area (Å²) in [5.41, 5.74) is 0. The van der Waals surface area contributed by atoms with Crippen molar-refractivity contribution in [1.29, 1.82) is 0 Å². The van der Waals surface area contributed by atoms with Crippen LogP contribution in [-0.2, 0) is 0 Å². The van der Waals surface area contributed by atoms with Crippen LogP contribution in [0, 0.1) is 0 Å². The average molecular weight is 376 g/mol. The van der Waals surface area contributed by atoms with Crippen LogP contribution in [-0.4, -0.2) is 0 Å². The van der Waals surface area contributed by atoms with Crippen molar-refractivity contribution >= 4 is 75.4 Å². The number of hydrogen-bond donors (Lipinski definition) is 0. The second kappa shape index (κ2) is 4.98. The summed E-state index contributed by atoms with van der Waals surface area (Å²) in [7, 11) is 0. The van der Waals surface area contributed by atoms with E-state index in [9.17, 15) is 0 Å². The summed E-state index contributed by atoms with van der Waals surface area (Å²) < 4.78 is 0. The van der Waals surface area contributed by atoms with Crippen molar-refractivity contribution in [1.82, 2.24) is 0 Å². The first kappa shape index (κ1) is 15.0. The highest BCUT2D eigenvalue weighted by Gasteiger charge is 2.17. The first-order valence-electron chi connectivity index (χ1n) is 10.5. The summed E-state index contributed by atoms with van der Waals surface area (Å²) >= 11 is 0. The van der Waals surface area contributed by atoms with Crippen molar-refractivity contribution < 1.29 is 0 Å². The Morgan fingerprint density at radius 2 is 0.733 bits per heavy atom. The van der Waals surface area contributed by atoms with Gasteiger partial charge in [0.25, 0.3) is 0 Å². The molecular weight excluding hydrogens is 360 g/mol. The van der Waals surface area contributed by atoms with Crippen molar-refractivity contribution in [2.24, 2.45) is 0 Å². The van der Waals surface area contributed by atoms with Gasteiger partial charge in [-0.15, -0.1) is 0 Å². The number of benzene rings is 8. The Labute approximate surface area is 172 Å². The van der Waals surface area contributed by atoms with Crippen molar-refractivity contribution in [2.45, 2.75) is 0 Å². The smallest absolute Gasteiger partial charge is 0.00195 e. The van der Waals surface area contributed by atoms with Crippen LogP contribution in [0.2, 0.25) is 0 Å². The van der Waals surface area contributed by atoms with E-state index in [0.29, 0.717) is 0 Å². The summed E-state index contributed by atoms with van der Waals surface area (Å²) in [6.07, 6.45) is 0. The van der Waals surface area contributed by atoms with Crippen LogP contribution in [0.5, 0.6) is 0 Å². The Hall–Kier alpha value is -3.90. The Morgan fingerprint density at radius 1 is 0.267 bits per heavy atom. The van der Waals surface area contributed by atoms with Crippen LogP contribution in [0.25, 0.3) is 75.4 Å². The van der Waals surface area contributed by atoms with Gasteiger partial charge >= 0.3 is 0 Å². The zero-order valence-corrected chi connectivity index (χ0v) is 16.2. The number of hydrogen-bond acceptors (Lipinski definition) is 0. The molecule has 0 radical (unpaired) electrons. The van der Waals surface area contributed by atoms with E-state index in [1.807, 2.05) is 0 Å². The van der Waals surface area contributed by atoms with Crippen LogP contribution in [0.4, 0.5) is 0 Å². The monoisotopic (exact) mass is 376 g/mol. The van der Waals surface area contributed by atoms with Gasteiger partial charge in [-0.2, -0.15) is 0 Å². The van der Waals surface area contributed by atoms with Gasteiger partial charge in [0.2, 0.25) is 0 Å². The fourth-order valence-electron chi connectivity index (χ4n) is 5.90. The van der Waals surface area contributed by atoms with Crippen molar-refractivity contribution in [3.05, 3.63) is 97.1 Å². The maximum absolute atomic E-state index is 2.42. The van der Waals surface area contributed by atoms with Crippen molar-refractivity contribution in [3.8, 4) is 0 Å².